The number of aryl methyl sites for hydroxylation is 1. The molecule has 0 fully saturated rings. The van der Waals surface area contributed by atoms with Gasteiger partial charge >= 0.3 is 0 Å². The Bertz CT molecular complexity index is 1200. The van der Waals surface area contributed by atoms with Gasteiger partial charge in [0.15, 0.2) is 0 Å². The summed E-state index contributed by atoms with van der Waals surface area (Å²) < 4.78 is 0. The average molecular weight is 381 g/mol. The molecule has 5 rings (SSSR count). The second kappa shape index (κ2) is 7.31. The molecule has 0 saturated carbocycles. The van der Waals surface area contributed by atoms with Gasteiger partial charge in [0, 0.05) is 29.9 Å². The van der Waals surface area contributed by atoms with E-state index in [1.165, 1.54) is 11.9 Å². The zero-order valence-electron chi connectivity index (χ0n) is 15.7. The standard InChI is InChI=1S/C23H19N5O/c29-23(28-13-5-9-16-6-1-2-11-20(16)28)19-14-21(26-15-25-19)27-18-10-3-7-17-8-4-12-24-22(17)18/h1-4,6-8,10-12,14-15H,5,9,13H2,(H,25,26,27). The van der Waals surface area contributed by atoms with Crippen LogP contribution >= 0.6 is 0 Å². The number of fused-ring (bicyclic) bond motifs is 2. The van der Waals surface area contributed by atoms with E-state index in [2.05, 4.69) is 26.3 Å². The molecular weight excluding hydrogens is 362 g/mol. The number of hydrogen-bond donors (Lipinski definition) is 1. The van der Waals surface area contributed by atoms with Crippen molar-refractivity contribution < 1.29 is 4.79 Å². The number of carbonyl (C=O) groups is 1. The summed E-state index contributed by atoms with van der Waals surface area (Å²) in [7, 11) is 0. The third-order valence-corrected chi connectivity index (χ3v) is 5.14. The van der Waals surface area contributed by atoms with Crippen LogP contribution in [0.4, 0.5) is 17.2 Å². The van der Waals surface area contributed by atoms with Crippen LogP contribution in [0.2, 0.25) is 0 Å². The van der Waals surface area contributed by atoms with Crippen molar-refractivity contribution in [1.82, 2.24) is 15.0 Å². The molecule has 1 amide bonds. The highest BCUT2D eigenvalue weighted by Gasteiger charge is 2.24. The molecule has 0 bridgehead atoms. The second-order valence-corrected chi connectivity index (χ2v) is 6.98. The lowest BCUT2D eigenvalue weighted by atomic mass is 10.0. The van der Waals surface area contributed by atoms with Crippen molar-refractivity contribution in [3.63, 3.8) is 0 Å². The van der Waals surface area contributed by atoms with Crippen LogP contribution in [0.25, 0.3) is 10.9 Å². The lowest BCUT2D eigenvalue weighted by Crippen LogP contribution is -2.36. The van der Waals surface area contributed by atoms with Crippen LogP contribution in [0.5, 0.6) is 0 Å². The number of para-hydroxylation sites is 2. The number of carbonyl (C=O) groups excluding carboxylic acids is 1. The first-order chi connectivity index (χ1) is 14.3. The van der Waals surface area contributed by atoms with Gasteiger partial charge in [-0.1, -0.05) is 36.4 Å². The monoisotopic (exact) mass is 381 g/mol. The maximum absolute atomic E-state index is 13.2. The Morgan fingerprint density at radius 2 is 1.86 bits per heavy atom. The Hall–Kier alpha value is -3.80. The van der Waals surface area contributed by atoms with Gasteiger partial charge in [0.2, 0.25) is 0 Å². The van der Waals surface area contributed by atoms with Gasteiger partial charge in [-0.05, 0) is 36.6 Å². The first-order valence-electron chi connectivity index (χ1n) is 9.62. The fourth-order valence-corrected chi connectivity index (χ4v) is 3.77. The van der Waals surface area contributed by atoms with Gasteiger partial charge < -0.3 is 10.2 Å². The third kappa shape index (κ3) is 3.29. The Balaban J connectivity index is 1.45. The zero-order valence-corrected chi connectivity index (χ0v) is 15.7. The summed E-state index contributed by atoms with van der Waals surface area (Å²) in [6.45, 7) is 0.690. The number of anilines is 3. The molecule has 0 radical (unpaired) electrons. The molecule has 0 spiro atoms. The van der Waals surface area contributed by atoms with Gasteiger partial charge in [0.1, 0.15) is 17.8 Å². The van der Waals surface area contributed by atoms with E-state index in [1.54, 1.807) is 12.3 Å². The molecule has 2 aromatic heterocycles. The SMILES string of the molecule is O=C(c1cc(Nc2cccc3cccnc23)ncn1)N1CCCc2ccccc21. The van der Waals surface area contributed by atoms with Crippen molar-refractivity contribution >= 4 is 34.0 Å². The molecule has 0 unspecified atom stereocenters. The smallest absolute Gasteiger partial charge is 0.277 e. The fourth-order valence-electron chi connectivity index (χ4n) is 3.77. The van der Waals surface area contributed by atoms with Crippen molar-refractivity contribution in [2.75, 3.05) is 16.8 Å². The number of rotatable bonds is 3. The maximum atomic E-state index is 13.2. The van der Waals surface area contributed by atoms with Gasteiger partial charge in [-0.15, -0.1) is 0 Å². The molecule has 29 heavy (non-hydrogen) atoms. The Labute approximate surface area is 168 Å². The predicted octanol–water partition coefficient (Wildman–Crippen LogP) is 4.36. The number of nitrogens with one attached hydrogen (secondary N) is 1. The van der Waals surface area contributed by atoms with E-state index in [0.717, 1.165) is 35.1 Å². The third-order valence-electron chi connectivity index (χ3n) is 5.14. The number of nitrogens with zero attached hydrogens (tertiary/aromatic N) is 4. The van der Waals surface area contributed by atoms with Gasteiger partial charge in [0.25, 0.3) is 5.91 Å². The molecule has 1 aliphatic rings. The second-order valence-electron chi connectivity index (χ2n) is 6.98. The van der Waals surface area contributed by atoms with E-state index in [4.69, 9.17) is 0 Å². The highest BCUT2D eigenvalue weighted by atomic mass is 16.2. The van der Waals surface area contributed by atoms with Crippen molar-refractivity contribution in [2.24, 2.45) is 0 Å². The Morgan fingerprint density at radius 1 is 0.966 bits per heavy atom. The fraction of sp³-hybridized carbons (Fsp3) is 0.130. The molecule has 0 aliphatic carbocycles. The van der Waals surface area contributed by atoms with Crippen LogP contribution in [0.15, 0.2) is 73.2 Å². The molecular formula is C23H19N5O. The summed E-state index contributed by atoms with van der Waals surface area (Å²) in [6, 6.07) is 19.6. The van der Waals surface area contributed by atoms with Crippen molar-refractivity contribution in [1.29, 1.82) is 0 Å². The number of hydrogen-bond acceptors (Lipinski definition) is 5. The van der Waals surface area contributed by atoms with Crippen molar-refractivity contribution in [2.45, 2.75) is 12.8 Å². The van der Waals surface area contributed by atoms with Crippen molar-refractivity contribution in [3.8, 4) is 0 Å². The number of aromatic nitrogens is 3. The number of amides is 1. The highest BCUT2D eigenvalue weighted by Crippen LogP contribution is 2.28. The quantitative estimate of drug-likeness (QED) is 0.571. The molecule has 0 atom stereocenters. The van der Waals surface area contributed by atoms with Crippen LogP contribution in [-0.2, 0) is 6.42 Å². The lowest BCUT2D eigenvalue weighted by molar-refractivity contribution is 0.0980. The average Bonchev–Trinajstić information content (AvgIpc) is 2.79. The molecule has 4 aromatic rings. The molecule has 3 heterocycles. The first-order valence-corrected chi connectivity index (χ1v) is 9.62. The zero-order chi connectivity index (χ0) is 19.6. The van der Waals surface area contributed by atoms with Crippen LogP contribution in [0.3, 0.4) is 0 Å². The van der Waals surface area contributed by atoms with Crippen LogP contribution in [-0.4, -0.2) is 27.4 Å². The Morgan fingerprint density at radius 3 is 2.83 bits per heavy atom. The molecule has 1 aliphatic heterocycles. The van der Waals surface area contributed by atoms with Gasteiger partial charge in [0.05, 0.1) is 11.2 Å². The van der Waals surface area contributed by atoms with E-state index >= 15 is 0 Å². The van der Waals surface area contributed by atoms with Gasteiger partial charge in [-0.25, -0.2) is 9.97 Å². The normalized spacial score (nSPS) is 13.2. The Kier molecular flexibility index (Phi) is 4.37. The highest BCUT2D eigenvalue weighted by molar-refractivity contribution is 6.06. The first kappa shape index (κ1) is 17.3. The summed E-state index contributed by atoms with van der Waals surface area (Å²) in [5, 5.41) is 4.31. The minimum absolute atomic E-state index is 0.112. The number of pyridine rings is 1. The van der Waals surface area contributed by atoms with E-state index in [0.29, 0.717) is 18.1 Å². The van der Waals surface area contributed by atoms with E-state index in [1.807, 2.05) is 53.4 Å². The molecule has 6 heteroatoms. The summed E-state index contributed by atoms with van der Waals surface area (Å²) in [4.78, 5) is 28.0. The minimum atomic E-state index is -0.112. The van der Waals surface area contributed by atoms with E-state index in [-0.39, 0.29) is 5.91 Å². The molecule has 142 valence electrons. The van der Waals surface area contributed by atoms with E-state index in [9.17, 15) is 4.79 Å². The number of benzene rings is 2. The molecule has 1 N–H and O–H groups in total. The van der Waals surface area contributed by atoms with Crippen molar-refractivity contribution in [3.05, 3.63) is 84.4 Å². The summed E-state index contributed by atoms with van der Waals surface area (Å²) in [5.41, 5.74) is 4.22. The van der Waals surface area contributed by atoms with E-state index < -0.39 is 0 Å². The molecule has 0 saturated heterocycles. The van der Waals surface area contributed by atoms with Crippen LogP contribution < -0.4 is 10.2 Å². The van der Waals surface area contributed by atoms with Gasteiger partial charge in [-0.3, -0.25) is 9.78 Å². The van der Waals surface area contributed by atoms with Crippen LogP contribution in [0.1, 0.15) is 22.5 Å². The maximum Gasteiger partial charge on any atom is 0.277 e. The predicted molar refractivity (Wildman–Crippen MR) is 113 cm³/mol. The molecule has 6 nitrogen and oxygen atoms in total. The largest absolute Gasteiger partial charge is 0.338 e. The summed E-state index contributed by atoms with van der Waals surface area (Å²) in [5.74, 6) is 0.449. The summed E-state index contributed by atoms with van der Waals surface area (Å²) >= 11 is 0. The minimum Gasteiger partial charge on any atom is -0.338 e. The topological polar surface area (TPSA) is 71.0 Å². The van der Waals surface area contributed by atoms with Gasteiger partial charge in [-0.2, -0.15) is 0 Å². The lowest BCUT2D eigenvalue weighted by Gasteiger charge is -2.29. The molecule has 2 aromatic carbocycles. The van der Waals surface area contributed by atoms with Crippen LogP contribution in [0, 0.1) is 0 Å². The summed E-state index contributed by atoms with van der Waals surface area (Å²) in [6.07, 6.45) is 5.12.